The van der Waals surface area contributed by atoms with Gasteiger partial charge in [-0.15, -0.1) is 11.3 Å². The Bertz CT molecular complexity index is 1200. The fourth-order valence-corrected chi connectivity index (χ4v) is 3.62. The second-order valence-corrected chi connectivity index (χ2v) is 7.50. The second kappa shape index (κ2) is 7.36. The molecule has 6 nitrogen and oxygen atoms in total. The molecule has 0 aliphatic carbocycles. The molecule has 2 aromatic heterocycles. The highest BCUT2D eigenvalue weighted by Crippen LogP contribution is 2.24. The van der Waals surface area contributed by atoms with Gasteiger partial charge in [0.15, 0.2) is 5.69 Å². The van der Waals surface area contributed by atoms with Gasteiger partial charge < -0.3 is 5.32 Å². The minimum atomic E-state index is -0.354. The first-order chi connectivity index (χ1) is 13.5. The number of thiazole rings is 1. The quantitative estimate of drug-likeness (QED) is 0.562. The number of carbonyl (C=O) groups is 1. The number of amides is 1. The molecule has 4 rings (SSSR count). The van der Waals surface area contributed by atoms with Crippen molar-refractivity contribution in [3.8, 4) is 10.6 Å². The van der Waals surface area contributed by atoms with E-state index >= 15 is 0 Å². The lowest BCUT2D eigenvalue weighted by Gasteiger charge is -2.13. The van der Waals surface area contributed by atoms with Gasteiger partial charge in [-0.3, -0.25) is 9.59 Å². The minimum absolute atomic E-state index is 0.152. The van der Waals surface area contributed by atoms with Crippen molar-refractivity contribution in [2.45, 2.75) is 19.9 Å². The minimum Gasteiger partial charge on any atom is -0.321 e. The topological polar surface area (TPSA) is 76.9 Å². The third kappa shape index (κ3) is 3.32. The van der Waals surface area contributed by atoms with Gasteiger partial charge in [-0.1, -0.05) is 18.2 Å². The highest BCUT2D eigenvalue weighted by molar-refractivity contribution is 7.13. The number of hydrogen-bond acceptors (Lipinski definition) is 5. The Morgan fingerprint density at radius 1 is 1.07 bits per heavy atom. The lowest BCUT2D eigenvalue weighted by atomic mass is 10.1. The van der Waals surface area contributed by atoms with Gasteiger partial charge in [0.2, 0.25) is 0 Å². The van der Waals surface area contributed by atoms with Crippen LogP contribution in [0.25, 0.3) is 21.3 Å². The summed E-state index contributed by atoms with van der Waals surface area (Å²) in [5, 5.41) is 11.1. The summed E-state index contributed by atoms with van der Waals surface area (Å²) in [5.41, 5.74) is 1.67. The van der Waals surface area contributed by atoms with Crippen LogP contribution in [0.1, 0.15) is 30.4 Å². The lowest BCUT2D eigenvalue weighted by Crippen LogP contribution is -2.28. The van der Waals surface area contributed by atoms with Crippen molar-refractivity contribution in [3.05, 3.63) is 76.2 Å². The van der Waals surface area contributed by atoms with Crippen LogP contribution >= 0.6 is 11.3 Å². The van der Waals surface area contributed by atoms with Gasteiger partial charge >= 0.3 is 0 Å². The van der Waals surface area contributed by atoms with Crippen LogP contribution in [0.2, 0.25) is 0 Å². The maximum Gasteiger partial charge on any atom is 0.276 e. The Morgan fingerprint density at radius 2 is 1.79 bits per heavy atom. The van der Waals surface area contributed by atoms with Gasteiger partial charge in [0.25, 0.3) is 11.5 Å². The van der Waals surface area contributed by atoms with Gasteiger partial charge in [0, 0.05) is 28.2 Å². The van der Waals surface area contributed by atoms with E-state index in [2.05, 4.69) is 15.4 Å². The third-order valence-corrected chi connectivity index (χ3v) is 5.18. The molecule has 0 saturated carbocycles. The number of nitrogens with one attached hydrogen (secondary N) is 1. The molecule has 2 aromatic carbocycles. The standard InChI is InChI=1S/C21H18N4O2S/c1-13(2)25-21(27)17-6-4-3-5-16(17)18(24-25)19(26)23-15-9-7-14(8-10-15)20-22-11-12-28-20/h3-13H,1-2H3,(H,23,26). The number of nitrogens with zero attached hydrogens (tertiary/aromatic N) is 3. The Balaban J connectivity index is 1.69. The van der Waals surface area contributed by atoms with Crippen LogP contribution in [0.4, 0.5) is 5.69 Å². The summed E-state index contributed by atoms with van der Waals surface area (Å²) < 4.78 is 1.35. The first-order valence-electron chi connectivity index (χ1n) is 8.87. The third-order valence-electron chi connectivity index (χ3n) is 4.35. The van der Waals surface area contributed by atoms with Gasteiger partial charge in [-0.25, -0.2) is 9.67 Å². The number of aromatic nitrogens is 3. The van der Waals surface area contributed by atoms with Crippen molar-refractivity contribution in [2.75, 3.05) is 5.32 Å². The summed E-state index contributed by atoms with van der Waals surface area (Å²) in [7, 11) is 0. The number of fused-ring (bicyclic) bond motifs is 1. The number of anilines is 1. The smallest absolute Gasteiger partial charge is 0.276 e. The lowest BCUT2D eigenvalue weighted by molar-refractivity contribution is 0.102. The zero-order valence-electron chi connectivity index (χ0n) is 15.4. The highest BCUT2D eigenvalue weighted by Gasteiger charge is 2.18. The number of rotatable bonds is 4. The Labute approximate surface area is 165 Å². The largest absolute Gasteiger partial charge is 0.321 e. The van der Waals surface area contributed by atoms with Crippen LogP contribution in [-0.2, 0) is 0 Å². The number of carbonyl (C=O) groups excluding carboxylic acids is 1. The summed E-state index contributed by atoms with van der Waals surface area (Å²) in [6.07, 6.45) is 1.76. The molecule has 0 saturated heterocycles. The van der Waals surface area contributed by atoms with Gasteiger partial charge in [0.1, 0.15) is 5.01 Å². The molecule has 0 aliphatic heterocycles. The normalized spacial score (nSPS) is 11.1. The first-order valence-corrected chi connectivity index (χ1v) is 9.75. The zero-order valence-corrected chi connectivity index (χ0v) is 16.2. The Morgan fingerprint density at radius 3 is 2.43 bits per heavy atom. The Hall–Kier alpha value is -3.32. The summed E-state index contributed by atoms with van der Waals surface area (Å²) in [6.45, 7) is 3.73. The van der Waals surface area contributed by atoms with E-state index in [1.165, 1.54) is 4.68 Å². The average molecular weight is 390 g/mol. The monoisotopic (exact) mass is 390 g/mol. The maximum absolute atomic E-state index is 12.9. The molecule has 7 heteroatoms. The molecule has 0 bridgehead atoms. The molecule has 0 aliphatic rings. The summed E-state index contributed by atoms with van der Waals surface area (Å²) >= 11 is 1.56. The van der Waals surface area contributed by atoms with Crippen molar-refractivity contribution in [1.29, 1.82) is 0 Å². The second-order valence-electron chi connectivity index (χ2n) is 6.61. The molecule has 4 aromatic rings. The molecular formula is C21H18N4O2S. The van der Waals surface area contributed by atoms with Crippen molar-refractivity contribution < 1.29 is 4.79 Å². The molecule has 0 radical (unpaired) electrons. The highest BCUT2D eigenvalue weighted by atomic mass is 32.1. The molecule has 2 heterocycles. The van der Waals surface area contributed by atoms with E-state index in [1.807, 2.05) is 43.5 Å². The van der Waals surface area contributed by atoms with E-state index in [9.17, 15) is 9.59 Å². The maximum atomic E-state index is 12.9. The Kier molecular flexibility index (Phi) is 4.75. The predicted molar refractivity (Wildman–Crippen MR) is 112 cm³/mol. The van der Waals surface area contributed by atoms with Gasteiger partial charge in [0.05, 0.1) is 11.4 Å². The molecule has 0 spiro atoms. The molecular weight excluding hydrogens is 372 g/mol. The van der Waals surface area contributed by atoms with E-state index in [-0.39, 0.29) is 23.2 Å². The molecule has 1 N–H and O–H groups in total. The van der Waals surface area contributed by atoms with Crippen LogP contribution in [0.3, 0.4) is 0 Å². The average Bonchev–Trinajstić information content (AvgIpc) is 3.23. The molecule has 0 fully saturated rings. The van der Waals surface area contributed by atoms with Gasteiger partial charge in [-0.05, 0) is 44.2 Å². The van der Waals surface area contributed by atoms with Crippen molar-refractivity contribution in [2.24, 2.45) is 0 Å². The van der Waals surface area contributed by atoms with Crippen molar-refractivity contribution in [1.82, 2.24) is 14.8 Å². The SMILES string of the molecule is CC(C)n1nc(C(=O)Nc2ccc(-c3nccs3)cc2)c2ccccc2c1=O. The molecule has 28 heavy (non-hydrogen) atoms. The molecule has 140 valence electrons. The summed E-state index contributed by atoms with van der Waals surface area (Å²) in [6, 6.07) is 14.4. The molecule has 1 amide bonds. The molecule has 0 unspecified atom stereocenters. The van der Waals surface area contributed by atoms with Crippen LogP contribution in [0.15, 0.2) is 64.9 Å². The van der Waals surface area contributed by atoms with Gasteiger partial charge in [-0.2, -0.15) is 5.10 Å². The fraction of sp³-hybridized carbons (Fsp3) is 0.143. The zero-order chi connectivity index (χ0) is 19.7. The van der Waals surface area contributed by atoms with Crippen LogP contribution in [0, 0.1) is 0 Å². The predicted octanol–water partition coefficient (Wildman–Crippen LogP) is 4.35. The van der Waals surface area contributed by atoms with E-state index in [0.717, 1.165) is 10.6 Å². The fourth-order valence-electron chi connectivity index (χ4n) is 2.98. The van der Waals surface area contributed by atoms with Crippen molar-refractivity contribution in [3.63, 3.8) is 0 Å². The van der Waals surface area contributed by atoms with E-state index < -0.39 is 0 Å². The number of hydrogen-bond donors (Lipinski definition) is 1. The summed E-state index contributed by atoms with van der Waals surface area (Å²) in [4.78, 5) is 29.8. The van der Waals surface area contributed by atoms with Crippen LogP contribution in [-0.4, -0.2) is 20.7 Å². The van der Waals surface area contributed by atoms with Crippen LogP contribution < -0.4 is 10.9 Å². The van der Waals surface area contributed by atoms with Crippen LogP contribution in [0.5, 0.6) is 0 Å². The van der Waals surface area contributed by atoms with E-state index in [0.29, 0.717) is 16.5 Å². The molecule has 0 atom stereocenters. The first kappa shape index (κ1) is 18.1. The van der Waals surface area contributed by atoms with E-state index in [4.69, 9.17) is 0 Å². The number of benzene rings is 2. The van der Waals surface area contributed by atoms with Crippen molar-refractivity contribution >= 4 is 33.7 Å². The van der Waals surface area contributed by atoms with E-state index in [1.54, 1.807) is 41.8 Å². The summed E-state index contributed by atoms with van der Waals surface area (Å²) in [5.74, 6) is -0.354.